The molecule has 0 radical (unpaired) electrons. The molecule has 4 nitrogen and oxygen atoms in total. The van der Waals surface area contributed by atoms with E-state index < -0.39 is 5.97 Å². The second-order valence-electron chi connectivity index (χ2n) is 2.28. The van der Waals surface area contributed by atoms with Gasteiger partial charge >= 0.3 is 5.97 Å². The van der Waals surface area contributed by atoms with Crippen molar-refractivity contribution in [2.24, 2.45) is 0 Å². The van der Waals surface area contributed by atoms with Gasteiger partial charge in [0.1, 0.15) is 0 Å². The molecule has 1 heterocycles. The molecule has 0 aliphatic carbocycles. The summed E-state index contributed by atoms with van der Waals surface area (Å²) < 4.78 is 0. The molecule has 0 saturated heterocycles. The van der Waals surface area contributed by atoms with Gasteiger partial charge in [-0.25, -0.2) is 4.79 Å². The Morgan fingerprint density at radius 1 is 1.38 bits per heavy atom. The highest BCUT2D eigenvalue weighted by atomic mass is 16.4. The van der Waals surface area contributed by atoms with Crippen LogP contribution in [-0.2, 0) is 4.79 Å². The Morgan fingerprint density at radius 3 is 2.69 bits per heavy atom. The molecule has 0 spiro atoms. The topological polar surface area (TPSA) is 67.3 Å². The molecule has 13 heavy (non-hydrogen) atoms. The summed E-state index contributed by atoms with van der Waals surface area (Å²) in [7, 11) is 0. The Balaban J connectivity index is 2.76. The molecule has 0 aliphatic rings. The third-order valence-electron chi connectivity index (χ3n) is 1.32. The molecule has 1 N–H and O–H groups in total. The van der Waals surface area contributed by atoms with Crippen molar-refractivity contribution < 1.29 is 14.7 Å². The summed E-state index contributed by atoms with van der Waals surface area (Å²) in [6, 6.07) is 3.18. The number of carbonyl (C=O) groups excluding carboxylic acids is 1. The van der Waals surface area contributed by atoms with Crippen LogP contribution in [0.5, 0.6) is 0 Å². The molecule has 1 aromatic rings. The molecule has 0 fully saturated rings. The van der Waals surface area contributed by atoms with E-state index in [2.05, 4.69) is 4.98 Å². The second kappa shape index (κ2) is 4.15. The first-order valence-electron chi connectivity index (χ1n) is 3.55. The Hall–Kier alpha value is -1.97. The molecule has 0 saturated carbocycles. The van der Waals surface area contributed by atoms with E-state index in [0.717, 1.165) is 12.2 Å². The number of aromatic nitrogens is 1. The van der Waals surface area contributed by atoms with E-state index in [9.17, 15) is 9.59 Å². The molecule has 0 aliphatic heterocycles. The van der Waals surface area contributed by atoms with Gasteiger partial charge in [0, 0.05) is 24.0 Å². The van der Waals surface area contributed by atoms with Crippen molar-refractivity contribution in [2.75, 3.05) is 0 Å². The van der Waals surface area contributed by atoms with E-state index in [-0.39, 0.29) is 5.78 Å². The monoisotopic (exact) mass is 177 g/mol. The van der Waals surface area contributed by atoms with E-state index >= 15 is 0 Å². The molecule has 66 valence electrons. The van der Waals surface area contributed by atoms with Gasteiger partial charge in [-0.1, -0.05) is 0 Å². The number of rotatable bonds is 3. The van der Waals surface area contributed by atoms with Crippen LogP contribution in [0.3, 0.4) is 0 Å². The fourth-order valence-electron chi connectivity index (χ4n) is 0.752. The summed E-state index contributed by atoms with van der Waals surface area (Å²) in [6.07, 6.45) is 4.72. The quantitative estimate of drug-likeness (QED) is 0.550. The number of aliphatic carboxylic acids is 1. The Labute approximate surface area is 74.5 Å². The van der Waals surface area contributed by atoms with Gasteiger partial charge in [-0.3, -0.25) is 9.78 Å². The van der Waals surface area contributed by atoms with Crippen LogP contribution in [0.25, 0.3) is 0 Å². The first-order valence-corrected chi connectivity index (χ1v) is 3.55. The van der Waals surface area contributed by atoms with Gasteiger partial charge < -0.3 is 5.11 Å². The second-order valence-corrected chi connectivity index (χ2v) is 2.28. The summed E-state index contributed by atoms with van der Waals surface area (Å²) in [6.45, 7) is 0. The molecule has 0 amide bonds. The number of carbonyl (C=O) groups is 2. The molecule has 1 rings (SSSR count). The highest BCUT2D eigenvalue weighted by Gasteiger charge is 2.00. The maximum absolute atomic E-state index is 11.2. The number of pyridine rings is 1. The minimum absolute atomic E-state index is 0.365. The van der Waals surface area contributed by atoms with Gasteiger partial charge in [0.05, 0.1) is 0 Å². The number of carboxylic acids is 1. The highest BCUT2D eigenvalue weighted by molar-refractivity contribution is 6.06. The number of hydrogen-bond acceptors (Lipinski definition) is 3. The van der Waals surface area contributed by atoms with Gasteiger partial charge in [0.2, 0.25) is 0 Å². The van der Waals surface area contributed by atoms with Crippen molar-refractivity contribution >= 4 is 11.8 Å². The predicted octanol–water partition coefficient (Wildman–Crippen LogP) is 0.905. The van der Waals surface area contributed by atoms with Crippen molar-refractivity contribution in [3.05, 3.63) is 42.2 Å². The number of ketones is 1. The van der Waals surface area contributed by atoms with Crippen molar-refractivity contribution in [3.8, 4) is 0 Å². The number of carboxylic acid groups (broad SMARTS) is 1. The van der Waals surface area contributed by atoms with Gasteiger partial charge in [-0.05, 0) is 18.2 Å². The summed E-state index contributed by atoms with van der Waals surface area (Å²) in [4.78, 5) is 25.0. The number of allylic oxidation sites excluding steroid dienone is 1. The molecular weight excluding hydrogens is 170 g/mol. The molecular formula is C9H7NO3. The van der Waals surface area contributed by atoms with Gasteiger partial charge in [0.25, 0.3) is 0 Å². The van der Waals surface area contributed by atoms with Crippen LogP contribution in [0, 0.1) is 0 Å². The van der Waals surface area contributed by atoms with Crippen LogP contribution in [0.4, 0.5) is 0 Å². The minimum atomic E-state index is -1.14. The maximum Gasteiger partial charge on any atom is 0.328 e. The number of nitrogens with zero attached hydrogens (tertiary/aromatic N) is 1. The van der Waals surface area contributed by atoms with Gasteiger partial charge in [-0.15, -0.1) is 0 Å². The normalized spacial score (nSPS) is 10.2. The smallest absolute Gasteiger partial charge is 0.328 e. The van der Waals surface area contributed by atoms with Crippen LogP contribution < -0.4 is 0 Å². The number of hydrogen-bond donors (Lipinski definition) is 1. The van der Waals surface area contributed by atoms with E-state index in [1.165, 1.54) is 12.4 Å². The molecule has 0 atom stereocenters. The molecule has 1 aromatic heterocycles. The molecule has 0 bridgehead atoms. The summed E-state index contributed by atoms with van der Waals surface area (Å²) in [5.74, 6) is -1.51. The summed E-state index contributed by atoms with van der Waals surface area (Å²) in [5, 5.41) is 8.25. The van der Waals surface area contributed by atoms with E-state index in [4.69, 9.17) is 5.11 Å². The summed E-state index contributed by atoms with van der Waals surface area (Å²) >= 11 is 0. The van der Waals surface area contributed by atoms with Crippen molar-refractivity contribution in [2.45, 2.75) is 0 Å². The first-order chi connectivity index (χ1) is 6.20. The van der Waals surface area contributed by atoms with Crippen molar-refractivity contribution in [1.29, 1.82) is 0 Å². The van der Waals surface area contributed by atoms with Crippen molar-refractivity contribution in [3.63, 3.8) is 0 Å². The minimum Gasteiger partial charge on any atom is -0.478 e. The molecule has 0 unspecified atom stereocenters. The van der Waals surface area contributed by atoms with E-state index in [1.807, 2.05) is 0 Å². The Kier molecular flexibility index (Phi) is 2.92. The zero-order valence-corrected chi connectivity index (χ0v) is 6.68. The summed E-state index contributed by atoms with van der Waals surface area (Å²) in [5.41, 5.74) is 0.375. The van der Waals surface area contributed by atoms with Crippen LogP contribution in [0.2, 0.25) is 0 Å². The molecule has 0 aromatic carbocycles. The lowest BCUT2D eigenvalue weighted by Crippen LogP contribution is -1.96. The van der Waals surface area contributed by atoms with Crippen LogP contribution >= 0.6 is 0 Å². The lowest BCUT2D eigenvalue weighted by atomic mass is 10.2. The maximum atomic E-state index is 11.2. The Bertz CT molecular complexity index is 343. The van der Waals surface area contributed by atoms with E-state index in [1.54, 1.807) is 12.1 Å². The van der Waals surface area contributed by atoms with Crippen LogP contribution in [0.1, 0.15) is 10.4 Å². The standard InChI is InChI=1S/C9H7NO3/c11-8(3-4-9(12)13)7-2-1-5-10-6-7/h1-6H,(H,12,13)/b4-3-. The highest BCUT2D eigenvalue weighted by Crippen LogP contribution is 1.97. The average Bonchev–Trinajstić information content (AvgIpc) is 2.15. The SMILES string of the molecule is O=C(O)/C=C\C(=O)c1cccnc1. The lowest BCUT2D eigenvalue weighted by molar-refractivity contribution is -0.131. The van der Waals surface area contributed by atoms with Crippen LogP contribution in [0.15, 0.2) is 36.7 Å². The molecule has 4 heteroatoms. The fraction of sp³-hybridized carbons (Fsp3) is 0. The largest absolute Gasteiger partial charge is 0.478 e. The third-order valence-corrected chi connectivity index (χ3v) is 1.32. The van der Waals surface area contributed by atoms with Crippen molar-refractivity contribution in [1.82, 2.24) is 4.98 Å². The zero-order valence-electron chi connectivity index (χ0n) is 6.68. The zero-order chi connectivity index (χ0) is 9.68. The fourth-order valence-corrected chi connectivity index (χ4v) is 0.752. The predicted molar refractivity (Wildman–Crippen MR) is 45.3 cm³/mol. The van der Waals surface area contributed by atoms with Gasteiger partial charge in [0.15, 0.2) is 5.78 Å². The van der Waals surface area contributed by atoms with E-state index in [0.29, 0.717) is 5.56 Å². The average molecular weight is 177 g/mol. The van der Waals surface area contributed by atoms with Crippen LogP contribution in [-0.4, -0.2) is 21.8 Å². The first kappa shape index (κ1) is 9.12. The third kappa shape index (κ3) is 2.86. The lowest BCUT2D eigenvalue weighted by Gasteiger charge is -1.91. The Morgan fingerprint density at radius 2 is 2.15 bits per heavy atom. The van der Waals surface area contributed by atoms with Gasteiger partial charge in [-0.2, -0.15) is 0 Å².